The van der Waals surface area contributed by atoms with Crippen LogP contribution in [0.3, 0.4) is 0 Å². The lowest BCUT2D eigenvalue weighted by molar-refractivity contribution is 0.280. The third-order valence-corrected chi connectivity index (χ3v) is 4.68. The third kappa shape index (κ3) is 3.60. The van der Waals surface area contributed by atoms with Crippen molar-refractivity contribution < 1.29 is 0 Å². The molecule has 2 unspecified atom stereocenters. The van der Waals surface area contributed by atoms with E-state index >= 15 is 0 Å². The van der Waals surface area contributed by atoms with Gasteiger partial charge in [-0.15, -0.1) is 11.3 Å². The second kappa shape index (κ2) is 6.41. The summed E-state index contributed by atoms with van der Waals surface area (Å²) in [5, 5.41) is 5.90. The van der Waals surface area contributed by atoms with E-state index in [0.717, 1.165) is 18.5 Å². The van der Waals surface area contributed by atoms with Crippen LogP contribution in [-0.4, -0.2) is 12.6 Å². The van der Waals surface area contributed by atoms with Crippen molar-refractivity contribution in [2.75, 3.05) is 6.54 Å². The zero-order valence-corrected chi connectivity index (χ0v) is 11.1. The zero-order chi connectivity index (χ0) is 11.2. The van der Waals surface area contributed by atoms with E-state index in [1.165, 1.54) is 43.4 Å². The van der Waals surface area contributed by atoms with E-state index in [4.69, 9.17) is 0 Å². The van der Waals surface area contributed by atoms with Gasteiger partial charge >= 0.3 is 0 Å². The predicted octanol–water partition coefficient (Wildman–Crippen LogP) is 3.85. The summed E-state index contributed by atoms with van der Waals surface area (Å²) in [6.45, 7) is 3.49. The minimum Gasteiger partial charge on any atom is -0.314 e. The number of rotatable bonds is 5. The zero-order valence-electron chi connectivity index (χ0n) is 10.2. The summed E-state index contributed by atoms with van der Waals surface area (Å²) in [5.74, 6) is 0.980. The van der Waals surface area contributed by atoms with Gasteiger partial charge in [-0.25, -0.2) is 0 Å². The Morgan fingerprint density at radius 3 is 3.12 bits per heavy atom. The molecule has 90 valence electrons. The standard InChI is InChI=1S/C14H23NS/c1-2-12-5-3-6-13(11-12)15-9-8-14-7-4-10-16-14/h4,7,10,12-13,15H,2-3,5-6,8-9,11H2,1H3. The Kier molecular flexibility index (Phi) is 4.86. The van der Waals surface area contributed by atoms with Crippen LogP contribution in [0.25, 0.3) is 0 Å². The Morgan fingerprint density at radius 2 is 2.38 bits per heavy atom. The van der Waals surface area contributed by atoms with Gasteiger partial charge in [-0.1, -0.05) is 32.3 Å². The summed E-state index contributed by atoms with van der Waals surface area (Å²) in [6.07, 6.45) is 8.24. The summed E-state index contributed by atoms with van der Waals surface area (Å²) in [6, 6.07) is 5.18. The molecule has 1 aliphatic carbocycles. The lowest BCUT2D eigenvalue weighted by atomic mass is 9.84. The van der Waals surface area contributed by atoms with Crippen molar-refractivity contribution in [2.24, 2.45) is 5.92 Å². The molecule has 2 atom stereocenters. The van der Waals surface area contributed by atoms with Crippen molar-refractivity contribution in [1.82, 2.24) is 5.32 Å². The molecule has 2 heteroatoms. The molecule has 1 aliphatic rings. The van der Waals surface area contributed by atoms with Gasteiger partial charge in [0.1, 0.15) is 0 Å². The van der Waals surface area contributed by atoms with Crippen LogP contribution in [0.2, 0.25) is 0 Å². The summed E-state index contributed by atoms with van der Waals surface area (Å²) in [7, 11) is 0. The van der Waals surface area contributed by atoms with Gasteiger partial charge in [-0.05, 0) is 36.6 Å². The highest BCUT2D eigenvalue weighted by Crippen LogP contribution is 2.26. The Labute approximate surface area is 103 Å². The first-order chi connectivity index (χ1) is 7.88. The monoisotopic (exact) mass is 237 g/mol. The molecular weight excluding hydrogens is 214 g/mol. The van der Waals surface area contributed by atoms with Crippen LogP contribution in [0.4, 0.5) is 0 Å². The fourth-order valence-electron chi connectivity index (χ4n) is 2.70. The van der Waals surface area contributed by atoms with Crippen molar-refractivity contribution in [1.29, 1.82) is 0 Å². The van der Waals surface area contributed by atoms with Crippen LogP contribution in [0, 0.1) is 5.92 Å². The topological polar surface area (TPSA) is 12.0 Å². The number of hydrogen-bond donors (Lipinski definition) is 1. The third-order valence-electron chi connectivity index (χ3n) is 3.74. The van der Waals surface area contributed by atoms with Crippen molar-refractivity contribution in [3.05, 3.63) is 22.4 Å². The molecule has 0 saturated heterocycles. The molecule has 1 nitrogen and oxygen atoms in total. The normalized spacial score (nSPS) is 25.8. The highest BCUT2D eigenvalue weighted by atomic mass is 32.1. The summed E-state index contributed by atoms with van der Waals surface area (Å²) >= 11 is 1.87. The lowest BCUT2D eigenvalue weighted by Gasteiger charge is -2.29. The number of thiophene rings is 1. The fraction of sp³-hybridized carbons (Fsp3) is 0.714. The van der Waals surface area contributed by atoms with Gasteiger partial charge in [0.25, 0.3) is 0 Å². The quantitative estimate of drug-likeness (QED) is 0.820. The second-order valence-corrected chi connectivity index (χ2v) is 5.95. The SMILES string of the molecule is CCC1CCCC(NCCc2cccs2)C1. The van der Waals surface area contributed by atoms with E-state index in [0.29, 0.717) is 0 Å². The lowest BCUT2D eigenvalue weighted by Crippen LogP contribution is -2.35. The Balaban J connectivity index is 1.65. The second-order valence-electron chi connectivity index (χ2n) is 4.92. The van der Waals surface area contributed by atoms with E-state index in [1.807, 2.05) is 11.3 Å². The maximum Gasteiger partial charge on any atom is 0.00698 e. The molecule has 2 rings (SSSR count). The van der Waals surface area contributed by atoms with Gasteiger partial charge in [-0.3, -0.25) is 0 Å². The summed E-state index contributed by atoms with van der Waals surface area (Å²) < 4.78 is 0. The minimum atomic E-state index is 0.790. The number of hydrogen-bond acceptors (Lipinski definition) is 2. The van der Waals surface area contributed by atoms with Crippen LogP contribution in [0.1, 0.15) is 43.9 Å². The first kappa shape index (κ1) is 12.1. The maximum atomic E-state index is 3.73. The first-order valence-corrected chi connectivity index (χ1v) is 7.52. The molecule has 1 heterocycles. The Hall–Kier alpha value is -0.340. The van der Waals surface area contributed by atoms with Crippen molar-refractivity contribution in [3.63, 3.8) is 0 Å². The molecule has 0 amide bonds. The van der Waals surface area contributed by atoms with E-state index in [-0.39, 0.29) is 0 Å². The van der Waals surface area contributed by atoms with E-state index in [1.54, 1.807) is 0 Å². The van der Waals surface area contributed by atoms with Gasteiger partial charge in [0, 0.05) is 17.5 Å². The Morgan fingerprint density at radius 1 is 1.44 bits per heavy atom. The molecule has 16 heavy (non-hydrogen) atoms. The van der Waals surface area contributed by atoms with Gasteiger partial charge < -0.3 is 5.32 Å². The molecule has 0 radical (unpaired) electrons. The highest BCUT2D eigenvalue weighted by Gasteiger charge is 2.19. The summed E-state index contributed by atoms with van der Waals surface area (Å²) in [4.78, 5) is 1.51. The van der Waals surface area contributed by atoms with Crippen molar-refractivity contribution >= 4 is 11.3 Å². The fourth-order valence-corrected chi connectivity index (χ4v) is 3.41. The molecule has 1 saturated carbocycles. The van der Waals surface area contributed by atoms with Crippen molar-refractivity contribution in [3.8, 4) is 0 Å². The van der Waals surface area contributed by atoms with Crippen LogP contribution in [-0.2, 0) is 6.42 Å². The van der Waals surface area contributed by atoms with E-state index in [9.17, 15) is 0 Å². The van der Waals surface area contributed by atoms with Crippen molar-refractivity contribution in [2.45, 2.75) is 51.5 Å². The maximum absolute atomic E-state index is 3.73. The molecule has 0 bridgehead atoms. The van der Waals surface area contributed by atoms with Gasteiger partial charge in [0.2, 0.25) is 0 Å². The summed E-state index contributed by atoms with van der Waals surface area (Å²) in [5.41, 5.74) is 0. The van der Waals surface area contributed by atoms with Gasteiger partial charge in [0.15, 0.2) is 0 Å². The molecule has 1 aromatic rings. The van der Waals surface area contributed by atoms with Crippen LogP contribution < -0.4 is 5.32 Å². The molecule has 1 aromatic heterocycles. The van der Waals surface area contributed by atoms with Crippen LogP contribution in [0.5, 0.6) is 0 Å². The largest absolute Gasteiger partial charge is 0.314 e. The molecule has 1 N–H and O–H groups in total. The highest BCUT2D eigenvalue weighted by molar-refractivity contribution is 7.09. The molecule has 0 aromatic carbocycles. The molecule has 1 fully saturated rings. The van der Waals surface area contributed by atoms with Gasteiger partial charge in [-0.2, -0.15) is 0 Å². The minimum absolute atomic E-state index is 0.790. The van der Waals surface area contributed by atoms with E-state index < -0.39 is 0 Å². The Bertz CT molecular complexity index is 281. The molecular formula is C14H23NS. The van der Waals surface area contributed by atoms with Crippen LogP contribution in [0.15, 0.2) is 17.5 Å². The molecule has 0 spiro atoms. The smallest absolute Gasteiger partial charge is 0.00698 e. The predicted molar refractivity (Wildman–Crippen MR) is 72.1 cm³/mol. The number of nitrogens with one attached hydrogen (secondary N) is 1. The van der Waals surface area contributed by atoms with Crippen LogP contribution >= 0.6 is 11.3 Å². The molecule has 0 aliphatic heterocycles. The average molecular weight is 237 g/mol. The van der Waals surface area contributed by atoms with Gasteiger partial charge in [0.05, 0.1) is 0 Å². The first-order valence-electron chi connectivity index (χ1n) is 6.64. The average Bonchev–Trinajstić information content (AvgIpc) is 2.82. The van der Waals surface area contributed by atoms with E-state index in [2.05, 4.69) is 29.8 Å².